The van der Waals surface area contributed by atoms with Crippen LogP contribution in [0, 0.1) is 5.92 Å². The second-order valence-electron chi connectivity index (χ2n) is 4.81. The van der Waals surface area contributed by atoms with Crippen molar-refractivity contribution in [1.82, 2.24) is 9.29 Å². The van der Waals surface area contributed by atoms with Crippen LogP contribution < -0.4 is 5.32 Å². The molecule has 0 radical (unpaired) electrons. The predicted molar refractivity (Wildman–Crippen MR) is 77.0 cm³/mol. The Morgan fingerprint density at radius 3 is 2.85 bits per heavy atom. The van der Waals surface area contributed by atoms with Crippen LogP contribution in [0.3, 0.4) is 0 Å². The number of carbonyl (C=O) groups is 1. The summed E-state index contributed by atoms with van der Waals surface area (Å²) in [7, 11) is -3.25. The van der Waals surface area contributed by atoms with Gasteiger partial charge in [0.25, 0.3) is 0 Å². The van der Waals surface area contributed by atoms with Crippen molar-refractivity contribution in [2.75, 3.05) is 24.7 Å². The Hall–Kier alpha value is -1.18. The van der Waals surface area contributed by atoms with Crippen molar-refractivity contribution in [1.29, 1.82) is 0 Å². The molecule has 0 aliphatic carbocycles. The van der Waals surface area contributed by atoms with Crippen LogP contribution in [0.2, 0.25) is 5.02 Å². The van der Waals surface area contributed by atoms with E-state index in [-0.39, 0.29) is 18.4 Å². The van der Waals surface area contributed by atoms with E-state index < -0.39 is 10.0 Å². The molecule has 110 valence electrons. The summed E-state index contributed by atoms with van der Waals surface area (Å²) in [4.78, 5) is 16.1. The third-order valence-corrected chi connectivity index (χ3v) is 4.70. The number of pyridine rings is 1. The van der Waals surface area contributed by atoms with Crippen molar-refractivity contribution in [3.8, 4) is 0 Å². The topological polar surface area (TPSA) is 79.4 Å². The molecule has 0 bridgehead atoms. The Morgan fingerprint density at radius 1 is 1.50 bits per heavy atom. The second kappa shape index (κ2) is 6.07. The van der Waals surface area contributed by atoms with E-state index in [1.165, 1.54) is 10.5 Å². The molecule has 1 amide bonds. The molecule has 1 aliphatic heterocycles. The van der Waals surface area contributed by atoms with Gasteiger partial charge < -0.3 is 5.32 Å². The molecule has 2 heterocycles. The number of rotatable bonds is 3. The number of nitrogens with one attached hydrogen (secondary N) is 1. The Balaban J connectivity index is 2.00. The summed E-state index contributed by atoms with van der Waals surface area (Å²) in [5.41, 5.74) is 0. The van der Waals surface area contributed by atoms with Crippen LogP contribution in [-0.4, -0.2) is 43.0 Å². The van der Waals surface area contributed by atoms with E-state index >= 15 is 0 Å². The van der Waals surface area contributed by atoms with E-state index in [0.717, 1.165) is 6.26 Å². The van der Waals surface area contributed by atoms with E-state index in [2.05, 4.69) is 10.3 Å². The number of nitrogens with zero attached hydrogens (tertiary/aromatic N) is 2. The Labute approximate surface area is 123 Å². The van der Waals surface area contributed by atoms with Crippen LogP contribution in [-0.2, 0) is 14.8 Å². The van der Waals surface area contributed by atoms with Gasteiger partial charge in [0.2, 0.25) is 15.9 Å². The quantitative estimate of drug-likeness (QED) is 0.912. The minimum absolute atomic E-state index is 0.215. The lowest BCUT2D eigenvalue weighted by Crippen LogP contribution is -2.43. The number of amides is 1. The number of aromatic nitrogens is 1. The third-order valence-electron chi connectivity index (χ3n) is 3.20. The summed E-state index contributed by atoms with van der Waals surface area (Å²) in [6, 6.07) is 3.24. The van der Waals surface area contributed by atoms with E-state index in [4.69, 9.17) is 11.6 Å². The number of piperidine rings is 1. The molecular formula is C12H16ClN3O3S. The van der Waals surface area contributed by atoms with Crippen molar-refractivity contribution in [2.24, 2.45) is 5.92 Å². The van der Waals surface area contributed by atoms with Gasteiger partial charge >= 0.3 is 0 Å². The standard InChI is InChI=1S/C12H16ClN3O3S/c1-20(18,19)16-6-2-3-9(8-16)12(17)15-11-5-4-10(13)7-14-11/h4-5,7,9H,2-3,6,8H2,1H3,(H,14,15,17)/t9-/m1/s1. The molecule has 1 fully saturated rings. The molecule has 0 unspecified atom stereocenters. The van der Waals surface area contributed by atoms with Crippen molar-refractivity contribution in [2.45, 2.75) is 12.8 Å². The average molecular weight is 318 g/mol. The smallest absolute Gasteiger partial charge is 0.229 e. The van der Waals surface area contributed by atoms with Crippen LogP contribution in [0.25, 0.3) is 0 Å². The monoisotopic (exact) mass is 317 g/mol. The molecular weight excluding hydrogens is 302 g/mol. The lowest BCUT2D eigenvalue weighted by molar-refractivity contribution is -0.120. The number of halogens is 1. The van der Waals surface area contributed by atoms with Gasteiger partial charge in [0.15, 0.2) is 0 Å². The molecule has 1 aromatic rings. The maximum absolute atomic E-state index is 12.1. The maximum atomic E-state index is 12.1. The fraction of sp³-hybridized carbons (Fsp3) is 0.500. The first-order valence-electron chi connectivity index (χ1n) is 6.24. The first-order valence-corrected chi connectivity index (χ1v) is 8.46. The Kier molecular flexibility index (Phi) is 4.62. The van der Waals surface area contributed by atoms with Crippen molar-refractivity contribution < 1.29 is 13.2 Å². The van der Waals surface area contributed by atoms with Crippen molar-refractivity contribution >= 4 is 33.3 Å². The van der Waals surface area contributed by atoms with Crippen molar-refractivity contribution in [3.05, 3.63) is 23.4 Å². The highest BCUT2D eigenvalue weighted by Crippen LogP contribution is 2.20. The molecule has 1 aromatic heterocycles. The summed E-state index contributed by atoms with van der Waals surface area (Å²) < 4.78 is 24.4. The summed E-state index contributed by atoms with van der Waals surface area (Å²) in [6.45, 7) is 0.695. The predicted octanol–water partition coefficient (Wildman–Crippen LogP) is 1.35. The minimum Gasteiger partial charge on any atom is -0.310 e. The molecule has 8 heteroatoms. The summed E-state index contributed by atoms with van der Waals surface area (Å²) >= 11 is 5.72. The molecule has 1 saturated heterocycles. The lowest BCUT2D eigenvalue weighted by atomic mass is 9.99. The first kappa shape index (κ1) is 15.2. The highest BCUT2D eigenvalue weighted by atomic mass is 35.5. The molecule has 1 atom stereocenters. The fourth-order valence-electron chi connectivity index (χ4n) is 2.14. The van der Waals surface area contributed by atoms with Crippen LogP contribution in [0.15, 0.2) is 18.3 Å². The van der Waals surface area contributed by atoms with E-state index in [1.807, 2.05) is 0 Å². The fourth-order valence-corrected chi connectivity index (χ4v) is 3.16. The van der Waals surface area contributed by atoms with Gasteiger partial charge in [-0.25, -0.2) is 17.7 Å². The maximum Gasteiger partial charge on any atom is 0.229 e. The molecule has 20 heavy (non-hydrogen) atoms. The largest absolute Gasteiger partial charge is 0.310 e. The summed E-state index contributed by atoms with van der Waals surface area (Å²) in [5, 5.41) is 3.17. The number of hydrogen-bond acceptors (Lipinski definition) is 4. The van der Waals surface area contributed by atoms with Gasteiger partial charge in [-0.1, -0.05) is 11.6 Å². The molecule has 0 aromatic carbocycles. The van der Waals surface area contributed by atoms with Gasteiger partial charge in [-0.2, -0.15) is 0 Å². The number of carbonyl (C=O) groups excluding carboxylic acids is 1. The van der Waals surface area contributed by atoms with Gasteiger partial charge in [0.05, 0.1) is 17.2 Å². The first-order chi connectivity index (χ1) is 9.36. The summed E-state index contributed by atoms with van der Waals surface area (Å²) in [5.74, 6) is -0.153. The Bertz CT molecular complexity index is 588. The zero-order valence-electron chi connectivity index (χ0n) is 11.0. The SMILES string of the molecule is CS(=O)(=O)N1CCC[C@@H](C(=O)Nc2ccc(Cl)cn2)C1. The van der Waals surface area contributed by atoms with Crippen LogP contribution >= 0.6 is 11.6 Å². The van der Waals surface area contributed by atoms with Gasteiger partial charge in [0.1, 0.15) is 5.82 Å². The zero-order valence-corrected chi connectivity index (χ0v) is 12.6. The van der Waals surface area contributed by atoms with Crippen molar-refractivity contribution in [3.63, 3.8) is 0 Å². The van der Waals surface area contributed by atoms with E-state index in [9.17, 15) is 13.2 Å². The molecule has 0 spiro atoms. The molecule has 2 rings (SSSR count). The van der Waals surface area contributed by atoms with Crippen LogP contribution in [0.5, 0.6) is 0 Å². The molecule has 0 saturated carbocycles. The summed E-state index contributed by atoms with van der Waals surface area (Å²) in [6.07, 6.45) is 3.96. The van der Waals surface area contributed by atoms with Crippen LogP contribution in [0.4, 0.5) is 5.82 Å². The zero-order chi connectivity index (χ0) is 14.8. The normalized spacial score (nSPS) is 20.6. The second-order valence-corrected chi connectivity index (χ2v) is 7.23. The highest BCUT2D eigenvalue weighted by molar-refractivity contribution is 7.88. The lowest BCUT2D eigenvalue weighted by Gasteiger charge is -2.29. The number of sulfonamides is 1. The highest BCUT2D eigenvalue weighted by Gasteiger charge is 2.30. The molecule has 6 nitrogen and oxygen atoms in total. The Morgan fingerprint density at radius 2 is 2.25 bits per heavy atom. The average Bonchev–Trinajstić information content (AvgIpc) is 2.40. The molecule has 1 aliphatic rings. The minimum atomic E-state index is -3.25. The van der Waals surface area contributed by atoms with Gasteiger partial charge in [-0.3, -0.25) is 4.79 Å². The van der Waals surface area contributed by atoms with Gasteiger partial charge in [0, 0.05) is 19.3 Å². The van der Waals surface area contributed by atoms with Gasteiger partial charge in [-0.15, -0.1) is 0 Å². The number of hydrogen-bond donors (Lipinski definition) is 1. The van der Waals surface area contributed by atoms with E-state index in [0.29, 0.717) is 30.2 Å². The third kappa shape index (κ3) is 3.91. The van der Waals surface area contributed by atoms with Crippen LogP contribution in [0.1, 0.15) is 12.8 Å². The number of anilines is 1. The van der Waals surface area contributed by atoms with E-state index in [1.54, 1.807) is 12.1 Å². The molecule has 1 N–H and O–H groups in total. The van der Waals surface area contributed by atoms with Gasteiger partial charge in [-0.05, 0) is 25.0 Å².